The minimum absolute atomic E-state index is 0.331. The van der Waals surface area contributed by atoms with Crippen LogP contribution in [0, 0.1) is 0 Å². The molecule has 0 spiro atoms. The van der Waals surface area contributed by atoms with Gasteiger partial charge in [0.15, 0.2) is 0 Å². The Morgan fingerprint density at radius 3 is 1.87 bits per heavy atom. The molecule has 0 atom stereocenters. The fourth-order valence-electron chi connectivity index (χ4n) is 0.723. The molecule has 1 aromatic rings. The van der Waals surface area contributed by atoms with Gasteiger partial charge in [-0.05, 0) is 19.1 Å². The summed E-state index contributed by atoms with van der Waals surface area (Å²) >= 11 is 0. The summed E-state index contributed by atoms with van der Waals surface area (Å²) in [5.74, 6) is -1.77. The molecule has 0 saturated carbocycles. The van der Waals surface area contributed by atoms with Crippen molar-refractivity contribution in [1.82, 2.24) is 0 Å². The molecule has 0 aliphatic rings. The van der Waals surface area contributed by atoms with E-state index >= 15 is 0 Å². The Morgan fingerprint density at radius 1 is 1.13 bits per heavy atom. The maximum atomic E-state index is 10.2. The van der Waals surface area contributed by atoms with Gasteiger partial charge in [0.25, 0.3) is 0 Å². The van der Waals surface area contributed by atoms with Gasteiger partial charge in [-0.1, -0.05) is 24.3 Å². The number of hydrogen-bond donors (Lipinski definition) is 2. The lowest BCUT2D eigenvalue weighted by molar-refractivity contribution is -0.131. The topological polar surface area (TPSA) is 74.6 Å². The molecule has 0 aliphatic carbocycles. The number of allylic oxidation sites excluding steroid dienone is 1. The Balaban J connectivity index is 0.000000288. The monoisotopic (exact) mass is 208 g/mol. The molecular formula is C11H12O4. The molecule has 0 saturated heterocycles. The summed E-state index contributed by atoms with van der Waals surface area (Å²) < 4.78 is 0. The van der Waals surface area contributed by atoms with Gasteiger partial charge in [-0.2, -0.15) is 0 Å². The van der Waals surface area contributed by atoms with Gasteiger partial charge in [0.2, 0.25) is 0 Å². The van der Waals surface area contributed by atoms with Crippen molar-refractivity contribution in [3.05, 3.63) is 48.0 Å². The van der Waals surface area contributed by atoms with Crippen LogP contribution in [-0.4, -0.2) is 22.2 Å². The molecular weight excluding hydrogens is 196 g/mol. The van der Waals surface area contributed by atoms with E-state index in [9.17, 15) is 9.59 Å². The zero-order valence-electron chi connectivity index (χ0n) is 8.25. The van der Waals surface area contributed by atoms with Crippen LogP contribution in [0.5, 0.6) is 0 Å². The fraction of sp³-hybridized carbons (Fsp3) is 0.0909. The number of carbonyl (C=O) groups is 2. The normalized spacial score (nSPS) is 9.13. The molecule has 4 nitrogen and oxygen atoms in total. The quantitative estimate of drug-likeness (QED) is 0.729. The predicted octanol–water partition coefficient (Wildman–Crippen LogP) is 2.03. The molecule has 0 aliphatic heterocycles. The Hall–Kier alpha value is -2.10. The Morgan fingerprint density at radius 2 is 1.67 bits per heavy atom. The van der Waals surface area contributed by atoms with E-state index in [-0.39, 0.29) is 0 Å². The minimum Gasteiger partial charge on any atom is -0.478 e. The molecule has 0 heterocycles. The van der Waals surface area contributed by atoms with E-state index in [0.29, 0.717) is 5.56 Å². The van der Waals surface area contributed by atoms with E-state index in [0.717, 1.165) is 6.08 Å². The lowest BCUT2D eigenvalue weighted by Gasteiger charge is -1.88. The van der Waals surface area contributed by atoms with E-state index in [2.05, 4.69) is 0 Å². The van der Waals surface area contributed by atoms with Crippen LogP contribution in [0.25, 0.3) is 0 Å². The van der Waals surface area contributed by atoms with Gasteiger partial charge in [0, 0.05) is 6.08 Å². The molecule has 0 amide bonds. The zero-order valence-corrected chi connectivity index (χ0v) is 8.25. The number of rotatable bonds is 2. The third kappa shape index (κ3) is 7.01. The summed E-state index contributed by atoms with van der Waals surface area (Å²) in [4.78, 5) is 19.7. The first-order valence-corrected chi connectivity index (χ1v) is 4.22. The highest BCUT2D eigenvalue weighted by molar-refractivity contribution is 5.87. The average Bonchev–Trinajstić information content (AvgIpc) is 2.20. The van der Waals surface area contributed by atoms with E-state index in [1.165, 1.54) is 6.08 Å². The number of aromatic carboxylic acids is 1. The second-order valence-corrected chi connectivity index (χ2v) is 2.51. The van der Waals surface area contributed by atoms with Gasteiger partial charge < -0.3 is 10.2 Å². The standard InChI is InChI=1S/C7H6O2.C4H6O2/c8-7(9)6-4-2-1-3-5-6;1-2-3-4(5)6/h1-5H,(H,8,9);2-3H,1H3,(H,5,6). The van der Waals surface area contributed by atoms with Crippen molar-refractivity contribution in [3.8, 4) is 0 Å². The second-order valence-electron chi connectivity index (χ2n) is 2.51. The Labute approximate surface area is 87.5 Å². The molecule has 0 unspecified atom stereocenters. The van der Waals surface area contributed by atoms with Gasteiger partial charge in [0.05, 0.1) is 5.56 Å². The molecule has 2 N–H and O–H groups in total. The second kappa shape index (κ2) is 7.32. The SMILES string of the molecule is CC=CC(=O)O.O=C(O)c1ccccc1. The molecule has 0 aromatic heterocycles. The molecule has 0 bridgehead atoms. The molecule has 0 radical (unpaired) electrons. The van der Waals surface area contributed by atoms with Gasteiger partial charge in [-0.3, -0.25) is 0 Å². The number of aliphatic carboxylic acids is 1. The van der Waals surface area contributed by atoms with Crippen LogP contribution in [0.4, 0.5) is 0 Å². The van der Waals surface area contributed by atoms with Crippen molar-refractivity contribution in [2.45, 2.75) is 6.92 Å². The van der Waals surface area contributed by atoms with Crippen LogP contribution in [0.15, 0.2) is 42.5 Å². The van der Waals surface area contributed by atoms with Gasteiger partial charge in [-0.25, -0.2) is 9.59 Å². The largest absolute Gasteiger partial charge is 0.478 e. The number of benzene rings is 1. The molecule has 80 valence electrons. The maximum absolute atomic E-state index is 10.2. The van der Waals surface area contributed by atoms with E-state index in [1.54, 1.807) is 37.3 Å². The molecule has 1 aromatic carbocycles. The van der Waals surface area contributed by atoms with E-state index < -0.39 is 11.9 Å². The maximum Gasteiger partial charge on any atom is 0.335 e. The lowest BCUT2D eigenvalue weighted by atomic mass is 10.2. The van der Waals surface area contributed by atoms with Crippen LogP contribution in [0.2, 0.25) is 0 Å². The number of carboxylic acids is 2. The summed E-state index contributed by atoms with van der Waals surface area (Å²) in [6.07, 6.45) is 2.56. The fourth-order valence-corrected chi connectivity index (χ4v) is 0.723. The van der Waals surface area contributed by atoms with E-state index in [4.69, 9.17) is 10.2 Å². The Kier molecular flexibility index (Phi) is 6.29. The highest BCUT2D eigenvalue weighted by atomic mass is 16.4. The van der Waals surface area contributed by atoms with Gasteiger partial charge >= 0.3 is 11.9 Å². The summed E-state index contributed by atoms with van der Waals surface area (Å²) in [5.41, 5.74) is 0.331. The van der Waals surface area contributed by atoms with Crippen molar-refractivity contribution in [2.24, 2.45) is 0 Å². The number of carboxylic acid groups (broad SMARTS) is 2. The molecule has 15 heavy (non-hydrogen) atoms. The zero-order chi connectivity index (χ0) is 11.7. The molecule has 0 fully saturated rings. The average molecular weight is 208 g/mol. The Bertz CT molecular complexity index is 341. The third-order valence-electron chi connectivity index (χ3n) is 1.33. The van der Waals surface area contributed by atoms with Crippen molar-refractivity contribution in [3.63, 3.8) is 0 Å². The summed E-state index contributed by atoms with van der Waals surface area (Å²) in [6.45, 7) is 1.66. The summed E-state index contributed by atoms with van der Waals surface area (Å²) in [6, 6.07) is 8.30. The third-order valence-corrected chi connectivity index (χ3v) is 1.33. The van der Waals surface area contributed by atoms with E-state index in [1.807, 2.05) is 0 Å². The molecule has 4 heteroatoms. The van der Waals surface area contributed by atoms with Crippen LogP contribution < -0.4 is 0 Å². The van der Waals surface area contributed by atoms with Gasteiger partial charge in [0.1, 0.15) is 0 Å². The van der Waals surface area contributed by atoms with Crippen molar-refractivity contribution in [1.29, 1.82) is 0 Å². The van der Waals surface area contributed by atoms with Crippen molar-refractivity contribution < 1.29 is 19.8 Å². The first-order chi connectivity index (χ1) is 7.07. The summed E-state index contributed by atoms with van der Waals surface area (Å²) in [7, 11) is 0. The van der Waals surface area contributed by atoms with Gasteiger partial charge in [-0.15, -0.1) is 0 Å². The smallest absolute Gasteiger partial charge is 0.335 e. The van der Waals surface area contributed by atoms with Crippen molar-refractivity contribution in [2.75, 3.05) is 0 Å². The lowest BCUT2D eigenvalue weighted by Crippen LogP contribution is -1.93. The molecule has 1 rings (SSSR count). The van der Waals surface area contributed by atoms with Crippen LogP contribution >= 0.6 is 0 Å². The highest BCUT2D eigenvalue weighted by Gasteiger charge is 1.96. The number of hydrogen-bond acceptors (Lipinski definition) is 2. The minimum atomic E-state index is -0.891. The first-order valence-electron chi connectivity index (χ1n) is 4.22. The predicted molar refractivity (Wildman–Crippen MR) is 55.9 cm³/mol. The van der Waals surface area contributed by atoms with Crippen LogP contribution in [0.3, 0.4) is 0 Å². The van der Waals surface area contributed by atoms with Crippen LogP contribution in [-0.2, 0) is 4.79 Å². The first kappa shape index (κ1) is 12.9. The van der Waals surface area contributed by atoms with Crippen molar-refractivity contribution >= 4 is 11.9 Å². The summed E-state index contributed by atoms with van der Waals surface area (Å²) in [5, 5.41) is 16.2. The van der Waals surface area contributed by atoms with Crippen LogP contribution in [0.1, 0.15) is 17.3 Å². The highest BCUT2D eigenvalue weighted by Crippen LogP contribution is 1.96.